The monoisotopic (exact) mass is 346 g/mol. The van der Waals surface area contributed by atoms with Crippen molar-refractivity contribution < 1.29 is 21.6 Å². The van der Waals surface area contributed by atoms with Gasteiger partial charge in [0.2, 0.25) is 10.0 Å². The zero-order chi connectivity index (χ0) is 14.0. The Balaban J connectivity index is 3.05. The van der Waals surface area contributed by atoms with Crippen molar-refractivity contribution in [2.45, 2.75) is 17.6 Å². The molecule has 3 N–H and O–H groups in total. The summed E-state index contributed by atoms with van der Waals surface area (Å²) in [6, 6.07) is 4.22. The van der Waals surface area contributed by atoms with Gasteiger partial charge in [-0.05, 0) is 33.6 Å². The van der Waals surface area contributed by atoms with Gasteiger partial charge in [-0.25, -0.2) is 13.1 Å². The number of nitrogens with two attached hydrogens (primary N) is 1. The zero-order valence-electron chi connectivity index (χ0n) is 8.96. The number of rotatable bonds is 4. The minimum Gasteiger partial charge on any atom is -0.326 e. The molecule has 1 aromatic carbocycles. The summed E-state index contributed by atoms with van der Waals surface area (Å²) in [5.41, 5.74) is 5.85. The molecule has 0 fully saturated rings. The Bertz CT molecular complexity index is 531. The normalized spacial score (nSPS) is 12.7. The van der Waals surface area contributed by atoms with Crippen molar-refractivity contribution in [1.82, 2.24) is 4.72 Å². The van der Waals surface area contributed by atoms with Gasteiger partial charge in [0.15, 0.2) is 0 Å². The lowest BCUT2D eigenvalue weighted by atomic mass is 10.2. The number of hydrogen-bond acceptors (Lipinski definition) is 3. The molecule has 0 aliphatic rings. The van der Waals surface area contributed by atoms with Crippen LogP contribution in [0.1, 0.15) is 5.56 Å². The Morgan fingerprint density at radius 1 is 1.33 bits per heavy atom. The van der Waals surface area contributed by atoms with E-state index >= 15 is 0 Å². The summed E-state index contributed by atoms with van der Waals surface area (Å²) in [5, 5.41) is 0. The van der Waals surface area contributed by atoms with Crippen molar-refractivity contribution in [2.75, 3.05) is 6.54 Å². The van der Waals surface area contributed by atoms with Crippen LogP contribution in [0.5, 0.6) is 0 Å². The van der Waals surface area contributed by atoms with E-state index in [1.54, 1.807) is 6.07 Å². The third-order valence-electron chi connectivity index (χ3n) is 1.98. The lowest BCUT2D eigenvalue weighted by Gasteiger charge is -2.11. The largest absolute Gasteiger partial charge is 0.402 e. The summed E-state index contributed by atoms with van der Waals surface area (Å²) in [6.45, 7) is -1.52. The molecule has 0 unspecified atom stereocenters. The maximum absolute atomic E-state index is 12.0. The molecule has 4 nitrogen and oxygen atoms in total. The van der Waals surface area contributed by atoms with Gasteiger partial charge in [-0.15, -0.1) is 0 Å². The number of hydrogen-bond donors (Lipinski definition) is 2. The first-order valence-corrected chi connectivity index (χ1v) is 6.98. The fraction of sp³-hybridized carbons (Fsp3) is 0.333. The third-order valence-corrected chi connectivity index (χ3v) is 4.38. The molecule has 0 bridgehead atoms. The number of halogens is 4. The van der Waals surface area contributed by atoms with Gasteiger partial charge in [0.05, 0.1) is 4.90 Å². The fourth-order valence-electron chi connectivity index (χ4n) is 1.14. The van der Waals surface area contributed by atoms with Gasteiger partial charge in [-0.1, -0.05) is 6.07 Å². The van der Waals surface area contributed by atoms with Crippen LogP contribution >= 0.6 is 15.9 Å². The molecule has 0 amide bonds. The molecule has 1 aromatic rings. The second-order valence-electron chi connectivity index (χ2n) is 3.41. The van der Waals surface area contributed by atoms with E-state index in [1.807, 2.05) is 0 Å². The second-order valence-corrected chi connectivity index (χ2v) is 6.00. The summed E-state index contributed by atoms with van der Waals surface area (Å²) in [6.07, 6.45) is -4.61. The van der Waals surface area contributed by atoms with Crippen LogP contribution in [-0.4, -0.2) is 21.1 Å². The van der Waals surface area contributed by atoms with E-state index in [0.29, 0.717) is 5.56 Å². The lowest BCUT2D eigenvalue weighted by Crippen LogP contribution is -2.34. The molecule has 18 heavy (non-hydrogen) atoms. The predicted molar refractivity (Wildman–Crippen MR) is 63.3 cm³/mol. The highest BCUT2D eigenvalue weighted by molar-refractivity contribution is 9.10. The number of alkyl halides is 3. The van der Waals surface area contributed by atoms with E-state index in [2.05, 4.69) is 15.9 Å². The minimum atomic E-state index is -4.61. The standard InChI is InChI=1S/C9H10BrF3N2O2S/c10-7-2-1-6(4-14)3-8(7)18(16,17)15-5-9(11,12)13/h1-3,15H,4-5,14H2. The van der Waals surface area contributed by atoms with Gasteiger partial charge in [-0.2, -0.15) is 13.2 Å². The summed E-state index contributed by atoms with van der Waals surface area (Å²) in [5.74, 6) is 0. The molecule has 0 radical (unpaired) electrons. The van der Waals surface area contributed by atoms with E-state index in [0.717, 1.165) is 0 Å². The SMILES string of the molecule is NCc1ccc(Br)c(S(=O)(=O)NCC(F)(F)F)c1. The highest BCUT2D eigenvalue weighted by atomic mass is 79.9. The Labute approximate surface area is 111 Å². The van der Waals surface area contributed by atoms with Crippen molar-refractivity contribution >= 4 is 26.0 Å². The maximum atomic E-state index is 12.0. The topological polar surface area (TPSA) is 72.2 Å². The zero-order valence-corrected chi connectivity index (χ0v) is 11.4. The van der Waals surface area contributed by atoms with Crippen molar-refractivity contribution in [3.05, 3.63) is 28.2 Å². The van der Waals surface area contributed by atoms with Crippen LogP contribution in [0.4, 0.5) is 13.2 Å². The third kappa shape index (κ3) is 4.23. The molecule has 102 valence electrons. The van der Waals surface area contributed by atoms with Crippen molar-refractivity contribution in [2.24, 2.45) is 5.73 Å². The molecule has 0 spiro atoms. The van der Waals surface area contributed by atoms with Gasteiger partial charge >= 0.3 is 6.18 Å². The van der Waals surface area contributed by atoms with E-state index in [-0.39, 0.29) is 15.9 Å². The Kier molecular flexibility index (Phi) is 4.76. The first-order valence-electron chi connectivity index (χ1n) is 4.70. The summed E-state index contributed by atoms with van der Waals surface area (Å²) < 4.78 is 61.0. The van der Waals surface area contributed by atoms with Crippen LogP contribution in [0, 0.1) is 0 Å². The van der Waals surface area contributed by atoms with Gasteiger partial charge in [0.25, 0.3) is 0 Å². The van der Waals surface area contributed by atoms with Crippen molar-refractivity contribution in [1.29, 1.82) is 0 Å². The first-order chi connectivity index (χ1) is 8.15. The van der Waals surface area contributed by atoms with E-state index in [9.17, 15) is 21.6 Å². The van der Waals surface area contributed by atoms with Gasteiger partial charge in [0, 0.05) is 11.0 Å². The molecule has 0 aliphatic heterocycles. The first kappa shape index (κ1) is 15.4. The quantitative estimate of drug-likeness (QED) is 0.872. The Morgan fingerprint density at radius 2 is 1.94 bits per heavy atom. The second kappa shape index (κ2) is 5.55. The number of nitrogens with one attached hydrogen (secondary N) is 1. The van der Waals surface area contributed by atoms with Gasteiger partial charge in [-0.3, -0.25) is 0 Å². The molecule has 0 saturated carbocycles. The van der Waals surface area contributed by atoms with Crippen molar-refractivity contribution in [3.8, 4) is 0 Å². The summed E-state index contributed by atoms with van der Waals surface area (Å²) in [4.78, 5) is -0.269. The van der Waals surface area contributed by atoms with Crippen molar-refractivity contribution in [3.63, 3.8) is 0 Å². The summed E-state index contributed by atoms with van der Waals surface area (Å²) >= 11 is 2.97. The Morgan fingerprint density at radius 3 is 2.44 bits per heavy atom. The number of benzene rings is 1. The molecule has 0 aliphatic carbocycles. The smallest absolute Gasteiger partial charge is 0.326 e. The molecular weight excluding hydrogens is 337 g/mol. The van der Waals surface area contributed by atoms with Crippen LogP contribution < -0.4 is 10.5 Å². The van der Waals surface area contributed by atoms with Gasteiger partial charge in [0.1, 0.15) is 6.54 Å². The van der Waals surface area contributed by atoms with E-state index in [4.69, 9.17) is 5.73 Å². The summed E-state index contributed by atoms with van der Waals surface area (Å²) in [7, 11) is -4.23. The minimum absolute atomic E-state index is 0.0923. The highest BCUT2D eigenvalue weighted by Gasteiger charge is 2.30. The molecule has 0 heterocycles. The van der Waals surface area contributed by atoms with Crippen LogP contribution in [0.3, 0.4) is 0 Å². The fourth-order valence-corrected chi connectivity index (χ4v) is 3.16. The van der Waals surface area contributed by atoms with Gasteiger partial charge < -0.3 is 5.73 Å². The highest BCUT2D eigenvalue weighted by Crippen LogP contribution is 2.23. The predicted octanol–water partition coefficient (Wildman–Crippen LogP) is 1.75. The maximum Gasteiger partial charge on any atom is 0.402 e. The molecule has 1 rings (SSSR count). The van der Waals surface area contributed by atoms with Crippen LogP contribution in [0.25, 0.3) is 0 Å². The van der Waals surface area contributed by atoms with E-state index in [1.165, 1.54) is 16.9 Å². The van der Waals surface area contributed by atoms with Crippen LogP contribution in [0.2, 0.25) is 0 Å². The average molecular weight is 347 g/mol. The molecule has 0 saturated heterocycles. The average Bonchev–Trinajstić information content (AvgIpc) is 2.26. The Hall–Kier alpha value is -0.640. The molecular formula is C9H10BrF3N2O2S. The molecule has 9 heteroatoms. The van der Waals surface area contributed by atoms with Crippen LogP contribution in [0.15, 0.2) is 27.6 Å². The molecule has 0 aromatic heterocycles. The molecule has 0 atom stereocenters. The van der Waals surface area contributed by atoms with Crippen LogP contribution in [-0.2, 0) is 16.6 Å². The lowest BCUT2D eigenvalue weighted by molar-refractivity contribution is -0.121. The number of sulfonamides is 1. The van der Waals surface area contributed by atoms with E-state index < -0.39 is 22.7 Å².